The molecule has 24 heavy (non-hydrogen) atoms. The van der Waals surface area contributed by atoms with Crippen molar-refractivity contribution in [3.8, 4) is 5.75 Å². The average Bonchev–Trinajstić information content (AvgIpc) is 2.55. The van der Waals surface area contributed by atoms with E-state index in [1.54, 1.807) is 0 Å². The number of urea groups is 1. The summed E-state index contributed by atoms with van der Waals surface area (Å²) in [6.07, 6.45) is 1.73. The van der Waals surface area contributed by atoms with E-state index in [2.05, 4.69) is 17.2 Å². The van der Waals surface area contributed by atoms with Crippen LogP contribution in [0.1, 0.15) is 38.3 Å². The predicted molar refractivity (Wildman–Crippen MR) is 90.5 cm³/mol. The molecule has 1 aliphatic rings. The number of carbonyl (C=O) groups is 2. The summed E-state index contributed by atoms with van der Waals surface area (Å²) in [5.41, 5.74) is 1.06. The number of amides is 2. The first-order valence-electron chi connectivity index (χ1n) is 8.23. The first-order chi connectivity index (χ1) is 11.6. The Labute approximate surface area is 142 Å². The number of rotatable bonds is 7. The van der Waals surface area contributed by atoms with Gasteiger partial charge in [-0.3, -0.25) is 4.79 Å². The number of para-hydroxylation sites is 1. The number of esters is 1. The smallest absolute Gasteiger partial charge is 0.319 e. The maximum Gasteiger partial charge on any atom is 0.319 e. The van der Waals surface area contributed by atoms with Gasteiger partial charge >= 0.3 is 12.0 Å². The third kappa shape index (κ3) is 4.07. The quantitative estimate of drug-likeness (QED) is 0.594. The average molecular weight is 332 g/mol. The lowest BCUT2D eigenvalue weighted by atomic mass is 9.88. The highest BCUT2D eigenvalue weighted by molar-refractivity contribution is 5.85. The van der Waals surface area contributed by atoms with Crippen LogP contribution in [0.2, 0.25) is 0 Å². The number of benzene rings is 1. The molecule has 0 bridgehead atoms. The van der Waals surface area contributed by atoms with Gasteiger partial charge in [-0.05, 0) is 19.4 Å². The van der Waals surface area contributed by atoms with Gasteiger partial charge in [0.25, 0.3) is 0 Å². The van der Waals surface area contributed by atoms with E-state index >= 15 is 0 Å². The summed E-state index contributed by atoms with van der Waals surface area (Å²) in [6.45, 7) is 8.58. The van der Waals surface area contributed by atoms with Gasteiger partial charge in [0.2, 0.25) is 0 Å². The van der Waals surface area contributed by atoms with Crippen molar-refractivity contribution in [2.75, 3.05) is 13.2 Å². The lowest BCUT2D eigenvalue weighted by Gasteiger charge is -2.34. The van der Waals surface area contributed by atoms with Gasteiger partial charge in [-0.25, -0.2) is 4.79 Å². The van der Waals surface area contributed by atoms with Crippen LogP contribution < -0.4 is 15.4 Å². The highest BCUT2D eigenvalue weighted by Gasteiger charge is 2.40. The zero-order valence-electron chi connectivity index (χ0n) is 14.1. The lowest BCUT2D eigenvalue weighted by Crippen LogP contribution is -2.51. The molecular weight excluding hydrogens is 308 g/mol. The summed E-state index contributed by atoms with van der Waals surface area (Å²) in [5, 5.41) is 5.36. The van der Waals surface area contributed by atoms with Gasteiger partial charge in [-0.2, -0.15) is 0 Å². The Hall–Kier alpha value is -2.50. The van der Waals surface area contributed by atoms with Gasteiger partial charge in [0, 0.05) is 11.3 Å². The Balaban J connectivity index is 2.30. The molecule has 6 heteroatoms. The Morgan fingerprint density at radius 2 is 2.04 bits per heavy atom. The van der Waals surface area contributed by atoms with Crippen molar-refractivity contribution in [3.05, 3.63) is 42.1 Å². The number of carbonyl (C=O) groups excluding carboxylic acids is 2. The minimum absolute atomic E-state index is 0.330. The van der Waals surface area contributed by atoms with E-state index in [4.69, 9.17) is 9.47 Å². The molecule has 1 aliphatic heterocycles. The van der Waals surface area contributed by atoms with Crippen LogP contribution in [0.5, 0.6) is 5.75 Å². The van der Waals surface area contributed by atoms with Crippen LogP contribution in [0, 0.1) is 5.92 Å². The Bertz CT molecular complexity index is 615. The molecule has 1 saturated heterocycles. The molecule has 2 amide bonds. The van der Waals surface area contributed by atoms with Gasteiger partial charge in [0.1, 0.15) is 11.7 Å². The second-order valence-corrected chi connectivity index (χ2v) is 5.57. The number of unbranched alkanes of at least 4 members (excludes halogenated alkanes) is 1. The first-order valence-corrected chi connectivity index (χ1v) is 8.23. The van der Waals surface area contributed by atoms with Crippen LogP contribution >= 0.6 is 0 Å². The third-order valence-corrected chi connectivity index (χ3v) is 3.82. The number of nitrogens with one attached hydrogen (secondary N) is 2. The summed E-state index contributed by atoms with van der Waals surface area (Å²) in [7, 11) is 0. The molecule has 1 aromatic carbocycles. The van der Waals surface area contributed by atoms with E-state index in [1.807, 2.05) is 38.1 Å². The number of hydrogen-bond donors (Lipinski definition) is 2. The summed E-state index contributed by atoms with van der Waals surface area (Å²) in [5.74, 6) is -0.482. The van der Waals surface area contributed by atoms with E-state index in [1.165, 1.54) is 0 Å². The Morgan fingerprint density at radius 3 is 2.75 bits per heavy atom. The van der Waals surface area contributed by atoms with Crippen molar-refractivity contribution in [3.63, 3.8) is 0 Å². The van der Waals surface area contributed by atoms with Crippen LogP contribution in [0.3, 0.4) is 0 Å². The van der Waals surface area contributed by atoms with Crippen LogP contribution in [0.25, 0.3) is 0 Å². The third-order valence-electron chi connectivity index (χ3n) is 3.82. The minimum Gasteiger partial charge on any atom is -0.494 e. The fourth-order valence-electron chi connectivity index (χ4n) is 2.65. The van der Waals surface area contributed by atoms with Gasteiger partial charge < -0.3 is 20.1 Å². The topological polar surface area (TPSA) is 76.7 Å². The lowest BCUT2D eigenvalue weighted by molar-refractivity contribution is -0.148. The molecule has 2 N–H and O–H groups in total. The largest absolute Gasteiger partial charge is 0.494 e. The first kappa shape index (κ1) is 17.8. The van der Waals surface area contributed by atoms with Crippen LogP contribution in [0.15, 0.2) is 36.5 Å². The van der Waals surface area contributed by atoms with E-state index in [0.717, 1.165) is 18.4 Å². The normalized spacial score (nSPS) is 20.1. The highest BCUT2D eigenvalue weighted by Crippen LogP contribution is 2.35. The second-order valence-electron chi connectivity index (χ2n) is 5.57. The van der Waals surface area contributed by atoms with E-state index in [0.29, 0.717) is 24.7 Å². The maximum atomic E-state index is 12.5. The molecular formula is C18H24N2O4. The molecule has 0 aromatic heterocycles. The maximum absolute atomic E-state index is 12.5. The minimum atomic E-state index is -0.707. The molecule has 0 aliphatic carbocycles. The molecule has 0 spiro atoms. The van der Waals surface area contributed by atoms with Gasteiger partial charge in [0.15, 0.2) is 0 Å². The monoisotopic (exact) mass is 332 g/mol. The number of ether oxygens (including phenoxy) is 2. The van der Waals surface area contributed by atoms with Crippen LogP contribution in [-0.2, 0) is 9.53 Å². The molecule has 0 radical (unpaired) electrons. The zero-order valence-corrected chi connectivity index (χ0v) is 14.1. The molecule has 1 fully saturated rings. The van der Waals surface area contributed by atoms with Crippen LogP contribution in [0.4, 0.5) is 4.79 Å². The molecule has 2 rings (SSSR count). The van der Waals surface area contributed by atoms with Crippen molar-refractivity contribution in [2.45, 2.75) is 32.7 Å². The van der Waals surface area contributed by atoms with Crippen molar-refractivity contribution >= 4 is 12.0 Å². The van der Waals surface area contributed by atoms with Crippen molar-refractivity contribution in [1.29, 1.82) is 0 Å². The second kappa shape index (κ2) is 8.38. The summed E-state index contributed by atoms with van der Waals surface area (Å²) in [6, 6.07) is 6.36. The van der Waals surface area contributed by atoms with Crippen molar-refractivity contribution < 1.29 is 19.1 Å². The zero-order chi connectivity index (χ0) is 17.5. The molecule has 6 nitrogen and oxygen atoms in total. The summed E-state index contributed by atoms with van der Waals surface area (Å²) in [4.78, 5) is 24.4. The van der Waals surface area contributed by atoms with Crippen LogP contribution in [-0.4, -0.2) is 25.2 Å². The van der Waals surface area contributed by atoms with Gasteiger partial charge in [-0.1, -0.05) is 38.1 Å². The summed E-state index contributed by atoms with van der Waals surface area (Å²) >= 11 is 0. The molecule has 1 aromatic rings. The SMILES string of the molecule is C=C1NC(=O)N[C@H](c2ccccc2OCC)[C@@H]1C(=O)OCCCC. The summed E-state index contributed by atoms with van der Waals surface area (Å²) < 4.78 is 11.0. The molecule has 1 heterocycles. The molecule has 2 atom stereocenters. The Kier molecular flexibility index (Phi) is 6.23. The van der Waals surface area contributed by atoms with Gasteiger partial charge in [-0.15, -0.1) is 0 Å². The molecule has 0 unspecified atom stereocenters. The fourth-order valence-corrected chi connectivity index (χ4v) is 2.65. The molecule has 0 saturated carbocycles. The van der Waals surface area contributed by atoms with Crippen molar-refractivity contribution in [2.24, 2.45) is 5.92 Å². The van der Waals surface area contributed by atoms with Gasteiger partial charge in [0.05, 0.1) is 19.3 Å². The van der Waals surface area contributed by atoms with Crippen molar-refractivity contribution in [1.82, 2.24) is 10.6 Å². The molecule has 130 valence electrons. The van der Waals surface area contributed by atoms with E-state index < -0.39 is 24.0 Å². The van der Waals surface area contributed by atoms with E-state index in [9.17, 15) is 9.59 Å². The number of hydrogen-bond acceptors (Lipinski definition) is 4. The van der Waals surface area contributed by atoms with E-state index in [-0.39, 0.29) is 0 Å². The predicted octanol–water partition coefficient (Wildman–Crippen LogP) is 2.91. The Morgan fingerprint density at radius 1 is 1.29 bits per heavy atom. The highest BCUT2D eigenvalue weighted by atomic mass is 16.5. The fraction of sp³-hybridized carbons (Fsp3) is 0.444. The standard InChI is InChI=1S/C18H24N2O4/c1-4-6-11-24-17(21)15-12(3)19-18(22)20-16(15)13-9-7-8-10-14(13)23-5-2/h7-10,15-16H,3-6,11H2,1-2H3,(H2,19,20,22)/t15-,16-/m1/s1.